The smallest absolute Gasteiger partial charge is 0.254 e. The Morgan fingerprint density at radius 2 is 2.00 bits per heavy atom. The molecule has 0 radical (unpaired) electrons. The van der Waals surface area contributed by atoms with Crippen molar-refractivity contribution >= 4 is 5.91 Å². The Labute approximate surface area is 100 Å². The van der Waals surface area contributed by atoms with Gasteiger partial charge in [0.1, 0.15) is 5.82 Å². The number of hydrogen-bond acceptors (Lipinski definition) is 2. The number of amides is 1. The summed E-state index contributed by atoms with van der Waals surface area (Å²) in [6.07, 6.45) is 3.89. The second-order valence-electron chi connectivity index (χ2n) is 4.63. The number of carbonyl (C=O) groups excluding carboxylic acids is 1. The maximum absolute atomic E-state index is 13.5. The summed E-state index contributed by atoms with van der Waals surface area (Å²) in [6.45, 7) is 0.410. The molecule has 0 aromatic heterocycles. The molecule has 1 saturated carbocycles. The van der Waals surface area contributed by atoms with Crippen LogP contribution in [0.2, 0.25) is 0 Å². The van der Waals surface area contributed by atoms with Gasteiger partial charge in [-0.25, -0.2) is 4.39 Å². The molecule has 1 aromatic carbocycles. The number of rotatable bonds is 3. The number of hydrogen-bond donors (Lipinski definition) is 2. The summed E-state index contributed by atoms with van der Waals surface area (Å²) in [5, 5.41) is 2.90. The predicted octanol–water partition coefficient (Wildman–Crippen LogP) is 1.83. The second kappa shape index (κ2) is 4.84. The third-order valence-electron chi connectivity index (χ3n) is 3.45. The predicted molar refractivity (Wildman–Crippen MR) is 64.1 cm³/mol. The molecular formula is C13H17FN2O. The number of halogens is 1. The molecule has 0 heterocycles. The molecule has 1 aliphatic rings. The highest BCUT2D eigenvalue weighted by Crippen LogP contribution is 2.29. The number of benzene rings is 1. The first-order chi connectivity index (χ1) is 8.17. The Kier molecular flexibility index (Phi) is 3.43. The van der Waals surface area contributed by atoms with Gasteiger partial charge in [-0.15, -0.1) is 0 Å². The second-order valence-corrected chi connectivity index (χ2v) is 4.63. The molecule has 0 spiro atoms. The van der Waals surface area contributed by atoms with Gasteiger partial charge in [-0.2, -0.15) is 0 Å². The van der Waals surface area contributed by atoms with Gasteiger partial charge in [-0.05, 0) is 25.0 Å². The summed E-state index contributed by atoms with van der Waals surface area (Å²) >= 11 is 0. The summed E-state index contributed by atoms with van der Waals surface area (Å²) in [4.78, 5) is 12.0. The molecule has 92 valence electrons. The van der Waals surface area contributed by atoms with Crippen LogP contribution in [0, 0.1) is 5.82 Å². The Balaban J connectivity index is 2.14. The third kappa shape index (κ3) is 2.47. The fourth-order valence-corrected chi connectivity index (χ4v) is 2.39. The molecule has 0 aliphatic heterocycles. The monoisotopic (exact) mass is 236 g/mol. The summed E-state index contributed by atoms with van der Waals surface area (Å²) in [7, 11) is 0. The zero-order valence-corrected chi connectivity index (χ0v) is 9.71. The van der Waals surface area contributed by atoms with Crippen molar-refractivity contribution in [2.75, 3.05) is 6.54 Å². The molecule has 3 N–H and O–H groups in total. The highest BCUT2D eigenvalue weighted by Gasteiger charge is 2.34. The highest BCUT2D eigenvalue weighted by molar-refractivity contribution is 5.95. The first kappa shape index (κ1) is 12.0. The van der Waals surface area contributed by atoms with Gasteiger partial charge in [-0.1, -0.05) is 25.0 Å². The Morgan fingerprint density at radius 3 is 2.59 bits per heavy atom. The molecule has 1 aromatic rings. The van der Waals surface area contributed by atoms with Crippen molar-refractivity contribution in [3.8, 4) is 0 Å². The van der Waals surface area contributed by atoms with Crippen LogP contribution in [0.1, 0.15) is 36.0 Å². The van der Waals surface area contributed by atoms with Gasteiger partial charge >= 0.3 is 0 Å². The third-order valence-corrected chi connectivity index (χ3v) is 3.45. The van der Waals surface area contributed by atoms with Crippen molar-refractivity contribution in [1.82, 2.24) is 5.32 Å². The van der Waals surface area contributed by atoms with E-state index >= 15 is 0 Å². The lowest BCUT2D eigenvalue weighted by molar-refractivity contribution is 0.0899. The van der Waals surface area contributed by atoms with Crippen LogP contribution < -0.4 is 11.1 Å². The fraction of sp³-hybridized carbons (Fsp3) is 0.462. The van der Waals surface area contributed by atoms with E-state index < -0.39 is 5.82 Å². The molecule has 17 heavy (non-hydrogen) atoms. The van der Waals surface area contributed by atoms with Crippen molar-refractivity contribution in [2.24, 2.45) is 5.73 Å². The summed E-state index contributed by atoms with van der Waals surface area (Å²) in [5.41, 5.74) is 5.48. The molecule has 3 nitrogen and oxygen atoms in total. The fourth-order valence-electron chi connectivity index (χ4n) is 2.39. The molecular weight excluding hydrogens is 219 g/mol. The minimum Gasteiger partial charge on any atom is -0.345 e. The van der Waals surface area contributed by atoms with Gasteiger partial charge in [0.2, 0.25) is 0 Å². The van der Waals surface area contributed by atoms with Gasteiger partial charge in [0.25, 0.3) is 5.91 Å². The number of nitrogens with one attached hydrogen (secondary N) is 1. The van der Waals surface area contributed by atoms with E-state index in [-0.39, 0.29) is 17.0 Å². The SMILES string of the molecule is NCC1(NC(=O)c2ccccc2F)CCCC1. The van der Waals surface area contributed by atoms with Crippen LogP contribution in [0.4, 0.5) is 4.39 Å². The molecule has 1 aliphatic carbocycles. The van der Waals surface area contributed by atoms with E-state index in [2.05, 4.69) is 5.32 Å². The molecule has 0 saturated heterocycles. The largest absolute Gasteiger partial charge is 0.345 e. The minimum absolute atomic E-state index is 0.0900. The maximum Gasteiger partial charge on any atom is 0.254 e. The quantitative estimate of drug-likeness (QED) is 0.841. The first-order valence-corrected chi connectivity index (χ1v) is 5.94. The van der Waals surface area contributed by atoms with Crippen LogP contribution >= 0.6 is 0 Å². The van der Waals surface area contributed by atoms with E-state index in [1.54, 1.807) is 12.1 Å². The Hall–Kier alpha value is -1.42. The average molecular weight is 236 g/mol. The van der Waals surface area contributed by atoms with Gasteiger partial charge in [0.05, 0.1) is 11.1 Å². The lowest BCUT2D eigenvalue weighted by Gasteiger charge is -2.28. The molecule has 1 fully saturated rings. The van der Waals surface area contributed by atoms with Crippen LogP contribution in [0.5, 0.6) is 0 Å². The number of nitrogens with two attached hydrogens (primary N) is 1. The maximum atomic E-state index is 13.5. The van der Waals surface area contributed by atoms with E-state index in [4.69, 9.17) is 5.73 Å². The van der Waals surface area contributed by atoms with E-state index in [0.717, 1.165) is 25.7 Å². The molecule has 4 heteroatoms. The lowest BCUT2D eigenvalue weighted by atomic mass is 9.97. The van der Waals surface area contributed by atoms with Gasteiger partial charge in [0.15, 0.2) is 0 Å². The average Bonchev–Trinajstić information content (AvgIpc) is 2.79. The zero-order valence-electron chi connectivity index (χ0n) is 9.71. The zero-order chi connectivity index (χ0) is 12.3. The van der Waals surface area contributed by atoms with Crippen molar-refractivity contribution in [3.63, 3.8) is 0 Å². The Bertz CT molecular complexity index is 414. The van der Waals surface area contributed by atoms with Crippen molar-refractivity contribution in [2.45, 2.75) is 31.2 Å². The minimum atomic E-state index is -0.491. The highest BCUT2D eigenvalue weighted by atomic mass is 19.1. The van der Waals surface area contributed by atoms with E-state index in [1.807, 2.05) is 0 Å². The van der Waals surface area contributed by atoms with E-state index in [9.17, 15) is 9.18 Å². The normalized spacial score (nSPS) is 18.0. The van der Waals surface area contributed by atoms with Crippen LogP contribution in [0.25, 0.3) is 0 Å². The lowest BCUT2D eigenvalue weighted by Crippen LogP contribution is -2.51. The van der Waals surface area contributed by atoms with E-state index in [0.29, 0.717) is 6.54 Å². The summed E-state index contributed by atoms with van der Waals surface area (Å²) in [6, 6.07) is 6.00. The molecule has 2 rings (SSSR count). The standard InChI is InChI=1S/C13H17FN2O/c14-11-6-2-1-5-10(11)12(17)16-13(9-15)7-3-4-8-13/h1-2,5-6H,3-4,7-9,15H2,(H,16,17). The molecule has 1 amide bonds. The van der Waals surface area contributed by atoms with Crippen LogP contribution in [0.3, 0.4) is 0 Å². The summed E-state index contributed by atoms with van der Waals surface area (Å²) in [5.74, 6) is -0.856. The number of carbonyl (C=O) groups is 1. The molecule has 0 bridgehead atoms. The van der Waals surface area contributed by atoms with Crippen LogP contribution in [-0.4, -0.2) is 18.0 Å². The Morgan fingerprint density at radius 1 is 1.35 bits per heavy atom. The van der Waals surface area contributed by atoms with Gasteiger partial charge < -0.3 is 11.1 Å². The van der Waals surface area contributed by atoms with Crippen molar-refractivity contribution in [3.05, 3.63) is 35.6 Å². The van der Waals surface area contributed by atoms with Gasteiger partial charge in [0, 0.05) is 6.54 Å². The molecule has 0 atom stereocenters. The van der Waals surface area contributed by atoms with Crippen molar-refractivity contribution in [1.29, 1.82) is 0 Å². The van der Waals surface area contributed by atoms with Crippen LogP contribution in [-0.2, 0) is 0 Å². The molecule has 0 unspecified atom stereocenters. The van der Waals surface area contributed by atoms with E-state index in [1.165, 1.54) is 12.1 Å². The summed E-state index contributed by atoms with van der Waals surface area (Å²) < 4.78 is 13.5. The van der Waals surface area contributed by atoms with Crippen molar-refractivity contribution < 1.29 is 9.18 Å². The van der Waals surface area contributed by atoms with Gasteiger partial charge in [-0.3, -0.25) is 4.79 Å². The van der Waals surface area contributed by atoms with Crippen LogP contribution in [0.15, 0.2) is 24.3 Å². The topological polar surface area (TPSA) is 55.1 Å². The first-order valence-electron chi connectivity index (χ1n) is 5.94.